The van der Waals surface area contributed by atoms with Crippen LogP contribution in [0.2, 0.25) is 0 Å². The number of aromatic nitrogens is 1. The van der Waals surface area contributed by atoms with Gasteiger partial charge in [-0.15, -0.1) is 0 Å². The molecule has 0 atom stereocenters. The van der Waals surface area contributed by atoms with E-state index in [0.29, 0.717) is 5.56 Å². The van der Waals surface area contributed by atoms with Crippen molar-refractivity contribution in [2.45, 2.75) is 27.2 Å². The van der Waals surface area contributed by atoms with Crippen LogP contribution in [0.4, 0.5) is 0 Å². The summed E-state index contributed by atoms with van der Waals surface area (Å²) in [5.41, 5.74) is 4.76. The maximum Gasteiger partial charge on any atom is 0.161 e. The van der Waals surface area contributed by atoms with Gasteiger partial charge in [0.2, 0.25) is 0 Å². The van der Waals surface area contributed by atoms with Gasteiger partial charge in [-0.25, -0.2) is 0 Å². The van der Waals surface area contributed by atoms with E-state index in [1.807, 2.05) is 31.2 Å². The molecule has 1 heterocycles. The number of pyridine rings is 1. The van der Waals surface area contributed by atoms with Gasteiger partial charge >= 0.3 is 0 Å². The number of benzene rings is 1. The van der Waals surface area contributed by atoms with E-state index in [1.54, 1.807) is 6.92 Å². The fourth-order valence-electron chi connectivity index (χ4n) is 2.15. The predicted molar refractivity (Wildman–Crippen MR) is 73.8 cm³/mol. The average molecular weight is 239 g/mol. The Labute approximate surface area is 108 Å². The van der Waals surface area contributed by atoms with Crippen molar-refractivity contribution in [3.8, 4) is 11.1 Å². The van der Waals surface area contributed by atoms with Gasteiger partial charge in [-0.1, -0.05) is 37.3 Å². The number of carbonyl (C=O) groups excluding carboxylic acids is 1. The molecule has 0 amide bonds. The standard InChI is InChI=1S/C16H17NO/c1-4-16-15(13-8-6-5-7-9-13)10-14(12(3)18)11(2)17-16/h5-10H,4H2,1-3H3. The summed E-state index contributed by atoms with van der Waals surface area (Å²) in [6.07, 6.45) is 0.864. The third-order valence-corrected chi connectivity index (χ3v) is 3.09. The molecule has 92 valence electrons. The molecule has 0 bridgehead atoms. The number of hydrogen-bond acceptors (Lipinski definition) is 2. The summed E-state index contributed by atoms with van der Waals surface area (Å²) in [5, 5.41) is 0. The summed E-state index contributed by atoms with van der Waals surface area (Å²) < 4.78 is 0. The monoisotopic (exact) mass is 239 g/mol. The minimum atomic E-state index is 0.0693. The highest BCUT2D eigenvalue weighted by Crippen LogP contribution is 2.25. The lowest BCUT2D eigenvalue weighted by Crippen LogP contribution is -2.03. The Balaban J connectivity index is 2.65. The van der Waals surface area contributed by atoms with Gasteiger partial charge in [-0.05, 0) is 31.9 Å². The Hall–Kier alpha value is -1.96. The predicted octanol–water partition coefficient (Wildman–Crippen LogP) is 3.82. The number of rotatable bonds is 3. The zero-order chi connectivity index (χ0) is 13.1. The number of nitrogens with zero attached hydrogens (tertiary/aromatic N) is 1. The van der Waals surface area contributed by atoms with E-state index in [1.165, 1.54) is 0 Å². The lowest BCUT2D eigenvalue weighted by atomic mass is 9.98. The number of aryl methyl sites for hydroxylation is 2. The smallest absolute Gasteiger partial charge is 0.161 e. The molecule has 0 fully saturated rings. The second kappa shape index (κ2) is 5.13. The minimum absolute atomic E-state index is 0.0693. The highest BCUT2D eigenvalue weighted by molar-refractivity contribution is 5.96. The van der Waals surface area contributed by atoms with Gasteiger partial charge in [-0.3, -0.25) is 9.78 Å². The Morgan fingerprint density at radius 1 is 1.22 bits per heavy atom. The van der Waals surface area contributed by atoms with Crippen LogP contribution in [0.25, 0.3) is 11.1 Å². The van der Waals surface area contributed by atoms with E-state index in [0.717, 1.165) is 28.9 Å². The van der Waals surface area contributed by atoms with E-state index in [-0.39, 0.29) is 5.78 Å². The topological polar surface area (TPSA) is 30.0 Å². The molecule has 18 heavy (non-hydrogen) atoms. The second-order valence-electron chi connectivity index (χ2n) is 4.39. The molecule has 0 saturated heterocycles. The number of ketones is 1. The van der Waals surface area contributed by atoms with Gasteiger partial charge in [0, 0.05) is 22.5 Å². The van der Waals surface area contributed by atoms with Crippen LogP contribution in [-0.4, -0.2) is 10.8 Å². The van der Waals surface area contributed by atoms with Crippen LogP contribution in [0.3, 0.4) is 0 Å². The van der Waals surface area contributed by atoms with Crippen LogP contribution in [0, 0.1) is 6.92 Å². The highest BCUT2D eigenvalue weighted by Gasteiger charge is 2.12. The maximum atomic E-state index is 11.6. The Morgan fingerprint density at radius 2 is 1.89 bits per heavy atom. The summed E-state index contributed by atoms with van der Waals surface area (Å²) in [6.45, 7) is 5.57. The first-order valence-electron chi connectivity index (χ1n) is 6.20. The molecular weight excluding hydrogens is 222 g/mol. The molecule has 0 aliphatic carbocycles. The molecule has 0 aliphatic rings. The van der Waals surface area contributed by atoms with Crippen LogP contribution in [0.5, 0.6) is 0 Å². The van der Waals surface area contributed by atoms with Crippen LogP contribution in [-0.2, 0) is 6.42 Å². The normalized spacial score (nSPS) is 10.4. The molecule has 0 radical (unpaired) electrons. The number of hydrogen-bond donors (Lipinski definition) is 0. The third kappa shape index (κ3) is 2.33. The van der Waals surface area contributed by atoms with Crippen molar-refractivity contribution in [3.05, 3.63) is 53.3 Å². The van der Waals surface area contributed by atoms with Crippen LogP contribution < -0.4 is 0 Å². The van der Waals surface area contributed by atoms with Gasteiger partial charge < -0.3 is 0 Å². The molecule has 0 saturated carbocycles. The summed E-state index contributed by atoms with van der Waals surface area (Å²) in [7, 11) is 0. The lowest BCUT2D eigenvalue weighted by Gasteiger charge is -2.11. The minimum Gasteiger partial charge on any atom is -0.294 e. The number of carbonyl (C=O) groups is 1. The third-order valence-electron chi connectivity index (χ3n) is 3.09. The first kappa shape index (κ1) is 12.5. The van der Waals surface area contributed by atoms with E-state index < -0.39 is 0 Å². The zero-order valence-corrected chi connectivity index (χ0v) is 11.0. The van der Waals surface area contributed by atoms with Gasteiger partial charge in [0.1, 0.15) is 0 Å². The summed E-state index contributed by atoms with van der Waals surface area (Å²) in [6, 6.07) is 12.1. The fraction of sp³-hybridized carbons (Fsp3) is 0.250. The summed E-state index contributed by atoms with van der Waals surface area (Å²) in [4.78, 5) is 16.2. The van der Waals surface area contributed by atoms with Crippen molar-refractivity contribution in [3.63, 3.8) is 0 Å². The average Bonchev–Trinajstić information content (AvgIpc) is 2.39. The van der Waals surface area contributed by atoms with Crippen molar-refractivity contribution in [1.29, 1.82) is 0 Å². The molecule has 0 unspecified atom stereocenters. The largest absolute Gasteiger partial charge is 0.294 e. The zero-order valence-electron chi connectivity index (χ0n) is 11.0. The van der Waals surface area contributed by atoms with Crippen LogP contribution in [0.1, 0.15) is 35.6 Å². The second-order valence-corrected chi connectivity index (χ2v) is 4.39. The molecule has 0 spiro atoms. The van der Waals surface area contributed by atoms with E-state index in [4.69, 9.17) is 0 Å². The molecular formula is C16H17NO. The molecule has 1 aromatic carbocycles. The first-order valence-corrected chi connectivity index (χ1v) is 6.20. The molecule has 1 aromatic heterocycles. The Bertz CT molecular complexity index is 573. The summed E-state index contributed by atoms with van der Waals surface area (Å²) in [5.74, 6) is 0.0693. The van der Waals surface area contributed by atoms with Crippen molar-refractivity contribution < 1.29 is 4.79 Å². The SMILES string of the molecule is CCc1nc(C)c(C(C)=O)cc1-c1ccccc1. The van der Waals surface area contributed by atoms with Crippen LogP contribution in [0.15, 0.2) is 36.4 Å². The van der Waals surface area contributed by atoms with E-state index >= 15 is 0 Å². The molecule has 0 N–H and O–H groups in total. The molecule has 2 rings (SSSR count). The Morgan fingerprint density at radius 3 is 2.44 bits per heavy atom. The van der Waals surface area contributed by atoms with Crippen molar-refractivity contribution >= 4 is 5.78 Å². The van der Waals surface area contributed by atoms with Gasteiger partial charge in [0.05, 0.1) is 0 Å². The fourth-order valence-corrected chi connectivity index (χ4v) is 2.15. The van der Waals surface area contributed by atoms with Crippen LogP contribution >= 0.6 is 0 Å². The highest BCUT2D eigenvalue weighted by atomic mass is 16.1. The van der Waals surface area contributed by atoms with Gasteiger partial charge in [0.25, 0.3) is 0 Å². The first-order chi connectivity index (χ1) is 8.63. The van der Waals surface area contributed by atoms with Crippen molar-refractivity contribution in [2.24, 2.45) is 0 Å². The summed E-state index contributed by atoms with van der Waals surface area (Å²) >= 11 is 0. The molecule has 2 heteroatoms. The van der Waals surface area contributed by atoms with E-state index in [2.05, 4.69) is 24.0 Å². The molecule has 2 nitrogen and oxygen atoms in total. The van der Waals surface area contributed by atoms with Crippen molar-refractivity contribution in [1.82, 2.24) is 4.98 Å². The van der Waals surface area contributed by atoms with E-state index in [9.17, 15) is 4.79 Å². The van der Waals surface area contributed by atoms with Crippen molar-refractivity contribution in [2.75, 3.05) is 0 Å². The molecule has 2 aromatic rings. The quantitative estimate of drug-likeness (QED) is 0.762. The molecule has 0 aliphatic heterocycles. The lowest BCUT2D eigenvalue weighted by molar-refractivity contribution is 0.101. The maximum absolute atomic E-state index is 11.6. The Kier molecular flexibility index (Phi) is 3.56. The van der Waals surface area contributed by atoms with Gasteiger partial charge in [-0.2, -0.15) is 0 Å². The number of Topliss-reactive ketones (excluding diaryl/α,β-unsaturated/α-hetero) is 1. The van der Waals surface area contributed by atoms with Gasteiger partial charge in [0.15, 0.2) is 5.78 Å².